The predicted octanol–water partition coefficient (Wildman–Crippen LogP) is 3.09. The van der Waals surface area contributed by atoms with Gasteiger partial charge in [-0.3, -0.25) is 14.5 Å². The number of carbonyl (C=O) groups is 1. The van der Waals surface area contributed by atoms with Crippen LogP contribution in [0.3, 0.4) is 0 Å². The van der Waals surface area contributed by atoms with Gasteiger partial charge in [-0.15, -0.1) is 0 Å². The molecule has 1 aliphatic rings. The maximum atomic E-state index is 12.7. The van der Waals surface area contributed by atoms with E-state index >= 15 is 0 Å². The van der Waals surface area contributed by atoms with Gasteiger partial charge in [0, 0.05) is 30.3 Å². The summed E-state index contributed by atoms with van der Waals surface area (Å²) in [6, 6.07) is 16.9. The van der Waals surface area contributed by atoms with Crippen molar-refractivity contribution in [2.24, 2.45) is 0 Å². The molecule has 0 aliphatic carbocycles. The van der Waals surface area contributed by atoms with Gasteiger partial charge in [0.2, 0.25) is 0 Å². The van der Waals surface area contributed by atoms with Crippen molar-refractivity contribution in [1.29, 1.82) is 0 Å². The lowest BCUT2D eigenvalue weighted by Crippen LogP contribution is -2.28. The van der Waals surface area contributed by atoms with E-state index in [4.69, 9.17) is 0 Å². The fourth-order valence-corrected chi connectivity index (χ4v) is 4.21. The number of nitrogens with one attached hydrogen (secondary N) is 1. The molecule has 2 aromatic carbocycles. The minimum Gasteiger partial charge on any atom is -0.308 e. The first kappa shape index (κ1) is 17.2. The molecular weight excluding hydrogens is 362 g/mol. The number of sulfonamides is 1. The molecule has 27 heavy (non-hydrogen) atoms. The minimum atomic E-state index is -3.64. The van der Waals surface area contributed by atoms with Crippen molar-refractivity contribution in [1.82, 2.24) is 4.98 Å². The highest BCUT2D eigenvalue weighted by atomic mass is 32.2. The second kappa shape index (κ2) is 6.85. The Hall–Kier alpha value is -3.19. The van der Waals surface area contributed by atoms with Crippen LogP contribution in [0.4, 0.5) is 11.4 Å². The first-order valence-corrected chi connectivity index (χ1v) is 9.95. The monoisotopic (exact) mass is 379 g/mol. The van der Waals surface area contributed by atoms with Gasteiger partial charge in [-0.25, -0.2) is 8.42 Å². The van der Waals surface area contributed by atoms with Crippen LogP contribution in [0.15, 0.2) is 78.0 Å². The summed E-state index contributed by atoms with van der Waals surface area (Å²) in [5.74, 6) is -0.112. The number of hydrogen-bond acceptors (Lipinski definition) is 4. The second-order valence-corrected chi connectivity index (χ2v) is 7.89. The van der Waals surface area contributed by atoms with Crippen LogP contribution < -0.4 is 9.62 Å². The van der Waals surface area contributed by atoms with E-state index in [1.54, 1.807) is 78.0 Å². The molecule has 6 nitrogen and oxygen atoms in total. The fraction of sp³-hybridized carbons (Fsp3) is 0.100. The molecule has 136 valence electrons. The van der Waals surface area contributed by atoms with E-state index in [-0.39, 0.29) is 10.8 Å². The first-order chi connectivity index (χ1) is 13.0. The third kappa shape index (κ3) is 3.41. The molecule has 1 amide bonds. The van der Waals surface area contributed by atoms with Gasteiger partial charge in [0.15, 0.2) is 0 Å². The van der Waals surface area contributed by atoms with Crippen molar-refractivity contribution >= 4 is 27.3 Å². The Labute approximate surface area is 157 Å². The third-order valence-corrected chi connectivity index (χ3v) is 5.83. The van der Waals surface area contributed by atoms with E-state index in [0.717, 1.165) is 11.3 Å². The molecular formula is C20H17N3O3S. The van der Waals surface area contributed by atoms with Gasteiger partial charge in [0.1, 0.15) is 0 Å². The number of carbonyl (C=O) groups excluding carboxylic acids is 1. The van der Waals surface area contributed by atoms with Crippen LogP contribution in [0.2, 0.25) is 0 Å². The average molecular weight is 379 g/mol. The molecule has 0 unspecified atom stereocenters. The Morgan fingerprint density at radius 2 is 1.85 bits per heavy atom. The largest absolute Gasteiger partial charge is 0.308 e. The summed E-state index contributed by atoms with van der Waals surface area (Å²) in [5.41, 5.74) is 2.74. The van der Waals surface area contributed by atoms with Crippen LogP contribution in [-0.4, -0.2) is 25.9 Å². The molecule has 2 heterocycles. The zero-order chi connectivity index (χ0) is 18.9. The van der Waals surface area contributed by atoms with Crippen molar-refractivity contribution in [2.45, 2.75) is 11.3 Å². The van der Waals surface area contributed by atoms with Crippen molar-refractivity contribution in [3.05, 3.63) is 84.2 Å². The van der Waals surface area contributed by atoms with E-state index in [1.807, 2.05) is 0 Å². The van der Waals surface area contributed by atoms with E-state index < -0.39 is 10.0 Å². The van der Waals surface area contributed by atoms with Gasteiger partial charge in [0.25, 0.3) is 15.9 Å². The Bertz CT molecular complexity index is 1080. The van der Waals surface area contributed by atoms with Gasteiger partial charge in [-0.1, -0.05) is 18.2 Å². The number of rotatable bonds is 4. The number of benzene rings is 2. The van der Waals surface area contributed by atoms with Crippen molar-refractivity contribution in [3.8, 4) is 0 Å². The topological polar surface area (TPSA) is 79.4 Å². The van der Waals surface area contributed by atoms with Crippen molar-refractivity contribution in [2.75, 3.05) is 16.2 Å². The summed E-state index contributed by atoms with van der Waals surface area (Å²) in [6.07, 6.45) is 3.84. The number of amides is 1. The Kier molecular flexibility index (Phi) is 4.37. The normalized spacial score (nSPS) is 13.3. The number of nitrogens with zero attached hydrogens (tertiary/aromatic N) is 2. The summed E-state index contributed by atoms with van der Waals surface area (Å²) < 4.78 is 27.6. The maximum absolute atomic E-state index is 12.7. The summed E-state index contributed by atoms with van der Waals surface area (Å²) in [5, 5.41) is 0. The SMILES string of the molecule is O=C(c1cccnc1)N1CCc2cc(NS(=O)(=O)c3ccccc3)ccc21. The van der Waals surface area contributed by atoms with Gasteiger partial charge in [-0.05, 0) is 54.4 Å². The third-order valence-electron chi connectivity index (χ3n) is 4.43. The molecule has 0 radical (unpaired) electrons. The number of aromatic nitrogens is 1. The zero-order valence-corrected chi connectivity index (χ0v) is 15.2. The van der Waals surface area contributed by atoms with Gasteiger partial charge >= 0.3 is 0 Å². The quantitative estimate of drug-likeness (QED) is 0.755. The van der Waals surface area contributed by atoms with Gasteiger partial charge in [-0.2, -0.15) is 0 Å². The number of hydrogen-bond donors (Lipinski definition) is 1. The number of fused-ring (bicyclic) bond motifs is 1. The number of anilines is 2. The Morgan fingerprint density at radius 1 is 1.04 bits per heavy atom. The lowest BCUT2D eigenvalue weighted by Gasteiger charge is -2.17. The highest BCUT2D eigenvalue weighted by Gasteiger charge is 2.26. The summed E-state index contributed by atoms with van der Waals surface area (Å²) in [6.45, 7) is 0.554. The molecule has 0 saturated carbocycles. The van der Waals surface area contributed by atoms with E-state index in [9.17, 15) is 13.2 Å². The van der Waals surface area contributed by atoms with Crippen LogP contribution in [0.25, 0.3) is 0 Å². The van der Waals surface area contributed by atoms with Crippen molar-refractivity contribution in [3.63, 3.8) is 0 Å². The molecule has 0 spiro atoms. The summed E-state index contributed by atoms with van der Waals surface area (Å²) in [4.78, 5) is 18.6. The first-order valence-electron chi connectivity index (χ1n) is 8.47. The summed E-state index contributed by atoms with van der Waals surface area (Å²) >= 11 is 0. The van der Waals surface area contributed by atoms with Crippen LogP contribution in [0.5, 0.6) is 0 Å². The smallest absolute Gasteiger partial charge is 0.261 e. The molecule has 0 bridgehead atoms. The molecule has 0 saturated heterocycles. The van der Waals surface area contributed by atoms with E-state index in [2.05, 4.69) is 9.71 Å². The van der Waals surface area contributed by atoms with Crippen LogP contribution in [0, 0.1) is 0 Å². The zero-order valence-electron chi connectivity index (χ0n) is 14.4. The highest BCUT2D eigenvalue weighted by Crippen LogP contribution is 2.32. The van der Waals surface area contributed by atoms with Crippen molar-refractivity contribution < 1.29 is 13.2 Å². The van der Waals surface area contributed by atoms with E-state index in [0.29, 0.717) is 24.2 Å². The van der Waals surface area contributed by atoms with Crippen LogP contribution >= 0.6 is 0 Å². The fourth-order valence-electron chi connectivity index (χ4n) is 3.14. The Morgan fingerprint density at radius 3 is 2.59 bits per heavy atom. The molecule has 1 aromatic heterocycles. The van der Waals surface area contributed by atoms with Crippen LogP contribution in [0.1, 0.15) is 15.9 Å². The molecule has 1 N–H and O–H groups in total. The molecule has 1 aliphatic heterocycles. The Balaban J connectivity index is 1.58. The molecule has 0 atom stereocenters. The number of pyridine rings is 1. The predicted molar refractivity (Wildman–Crippen MR) is 103 cm³/mol. The highest BCUT2D eigenvalue weighted by molar-refractivity contribution is 7.92. The molecule has 4 rings (SSSR count). The summed E-state index contributed by atoms with van der Waals surface area (Å²) in [7, 11) is -3.64. The second-order valence-electron chi connectivity index (χ2n) is 6.21. The molecule has 3 aromatic rings. The standard InChI is InChI=1S/C20H17N3O3S/c24-20(16-5-4-11-21-14-16)23-12-10-15-13-17(8-9-19(15)23)22-27(25,26)18-6-2-1-3-7-18/h1-9,11,13-14,22H,10,12H2. The molecule has 0 fully saturated rings. The van der Waals surface area contributed by atoms with E-state index in [1.165, 1.54) is 0 Å². The van der Waals surface area contributed by atoms with Gasteiger partial charge < -0.3 is 4.90 Å². The minimum absolute atomic E-state index is 0.112. The molecule has 7 heteroatoms. The lowest BCUT2D eigenvalue weighted by atomic mass is 10.1. The van der Waals surface area contributed by atoms with Gasteiger partial charge in [0.05, 0.1) is 10.5 Å². The lowest BCUT2D eigenvalue weighted by molar-refractivity contribution is 0.0989. The average Bonchev–Trinajstić information content (AvgIpc) is 3.11. The maximum Gasteiger partial charge on any atom is 0.261 e. The van der Waals surface area contributed by atoms with Crippen LogP contribution in [-0.2, 0) is 16.4 Å².